The molecule has 3 aromatic heterocycles. The summed E-state index contributed by atoms with van der Waals surface area (Å²) in [4.78, 5) is 80.3. The summed E-state index contributed by atoms with van der Waals surface area (Å²) in [6.07, 6.45) is 0.0207. The topological polar surface area (TPSA) is 244 Å². The Bertz CT molecular complexity index is 2250. The number of carbonyl (C=O) groups is 5. The first-order valence-electron chi connectivity index (χ1n) is 16.7. The van der Waals surface area contributed by atoms with Crippen molar-refractivity contribution in [2.75, 3.05) is 0 Å². The van der Waals surface area contributed by atoms with Gasteiger partial charge in [-0.15, -0.1) is 22.1 Å². The predicted molar refractivity (Wildman–Crippen MR) is 181 cm³/mol. The van der Waals surface area contributed by atoms with Crippen LogP contribution < -0.4 is 35.7 Å². The van der Waals surface area contributed by atoms with Crippen LogP contribution in [0, 0.1) is 13.8 Å². The van der Waals surface area contributed by atoms with Gasteiger partial charge in [-0.2, -0.15) is 0 Å². The van der Waals surface area contributed by atoms with Crippen LogP contribution in [-0.2, 0) is 46.7 Å². The molecule has 0 fully saturated rings. The van der Waals surface area contributed by atoms with E-state index in [1.807, 2.05) is 26.8 Å². The Kier molecular flexibility index (Phi) is 12.3. The van der Waals surface area contributed by atoms with E-state index in [1.54, 1.807) is 25.1 Å². The molecule has 0 radical (unpaired) electrons. The number of aliphatic carboxylic acids is 3. The van der Waals surface area contributed by atoms with Crippen LogP contribution in [-0.4, -0.2) is 45.8 Å². The summed E-state index contributed by atoms with van der Waals surface area (Å²) in [7, 11) is 0. The fraction of sp³-hybridized carbons (Fsp3) is 0.342. The zero-order chi connectivity index (χ0) is 38.2. The number of nitrogens with one attached hydrogen (secondary N) is 1. The number of carbonyl (C=O) groups excluding carboxylic acids is 5. The van der Waals surface area contributed by atoms with Crippen molar-refractivity contribution >= 4 is 69.1 Å². The number of aromatic nitrogens is 4. The monoisotopic (exact) mass is 900 g/mol. The minimum absolute atomic E-state index is 0. The van der Waals surface area contributed by atoms with Crippen molar-refractivity contribution in [3.05, 3.63) is 75.4 Å². The van der Waals surface area contributed by atoms with Crippen molar-refractivity contribution in [1.82, 2.24) is 25.3 Å². The fourth-order valence-electron chi connectivity index (χ4n) is 6.96. The van der Waals surface area contributed by atoms with Gasteiger partial charge >= 0.3 is 0 Å². The average Bonchev–Trinajstić information content (AvgIpc) is 3.74. The molecule has 3 aromatic rings. The molecule has 1 N–H and O–H groups in total. The van der Waals surface area contributed by atoms with Crippen LogP contribution in [0.5, 0.6) is 0 Å². The van der Waals surface area contributed by atoms with E-state index in [9.17, 15) is 44.4 Å². The second kappa shape index (κ2) is 16.1. The van der Waals surface area contributed by atoms with Gasteiger partial charge < -0.3 is 54.9 Å². The fourth-order valence-corrected chi connectivity index (χ4v) is 6.96. The Balaban J connectivity index is 0.00000627. The molecule has 8 bridgehead atoms. The van der Waals surface area contributed by atoms with Crippen molar-refractivity contribution in [3.63, 3.8) is 0 Å². The van der Waals surface area contributed by atoms with Crippen LogP contribution in [0.4, 0.5) is 0 Å². The van der Waals surface area contributed by atoms with Gasteiger partial charge in [-0.3, -0.25) is 9.78 Å². The van der Waals surface area contributed by atoms with Crippen molar-refractivity contribution in [2.24, 2.45) is 0 Å². The Labute approximate surface area is 318 Å². The van der Waals surface area contributed by atoms with Crippen LogP contribution in [0.2, 0.25) is 0 Å². The molecule has 0 unspecified atom stereocenters. The number of rotatable bonds is 12. The Morgan fingerprint density at radius 2 is 1.58 bits per heavy atom. The summed E-state index contributed by atoms with van der Waals surface area (Å²) in [5, 5.41) is 49.6. The molecule has 5 heterocycles. The molecule has 0 saturated heterocycles. The van der Waals surface area contributed by atoms with Crippen LogP contribution in [0.1, 0.15) is 114 Å². The smallest absolute Gasteiger partial charge is 0.224 e. The van der Waals surface area contributed by atoms with Crippen LogP contribution in [0.15, 0.2) is 24.8 Å². The Hall–Kier alpha value is -5.36. The molecule has 53 heavy (non-hydrogen) atoms. The van der Waals surface area contributed by atoms with E-state index in [1.165, 1.54) is 6.92 Å². The Morgan fingerprint density at radius 1 is 0.925 bits per heavy atom. The van der Waals surface area contributed by atoms with Gasteiger partial charge in [0, 0.05) is 62.6 Å². The number of aryl methyl sites for hydroxylation is 2. The number of allylic oxidation sites excluding steroid dienone is 2. The van der Waals surface area contributed by atoms with Crippen LogP contribution in [0.25, 0.3) is 39.3 Å². The van der Waals surface area contributed by atoms with E-state index in [2.05, 4.69) is 11.9 Å². The molecule has 282 valence electrons. The normalized spacial score (nSPS) is 15.7. The zero-order valence-electron chi connectivity index (χ0n) is 29.6. The van der Waals surface area contributed by atoms with E-state index >= 15 is 0 Å². The van der Waals surface area contributed by atoms with Crippen LogP contribution in [0.3, 0.4) is 0 Å². The molecule has 1 amide bonds. The minimum atomic E-state index is -1.97. The van der Waals surface area contributed by atoms with Crippen molar-refractivity contribution in [1.29, 1.82) is 0 Å². The maximum Gasteiger partial charge on any atom is 0.224 e. The van der Waals surface area contributed by atoms with E-state index in [4.69, 9.17) is 19.9 Å². The largest absolute Gasteiger partial charge is 0.657 e. The standard InChI is InChI=1S/C38H41N5O9.Pt/c1-7-20-16(3)24-12-26-18(5)22(9-10-32(45)46)35(42-26)23(11-31(44)41-30(37(49)50)15-33(47)48)36-34(38(51)52)19(6)27(43-36)14-29-21(8-2)17(4)25(40-29)13-28(20)39-24;/h7,12-14,18,22,30H,1,8-11,15H2,2-6H3,(H7,39,40,41,42,43,44,45,46,47,48,49,50,51,52);/p-6/t18-,22-,30-;/m0./s1. The van der Waals surface area contributed by atoms with E-state index in [0.717, 1.165) is 22.3 Å². The first kappa shape index (κ1) is 40.4. The predicted octanol–water partition coefficient (Wildman–Crippen LogP) is -0.131. The summed E-state index contributed by atoms with van der Waals surface area (Å²) in [5.41, 5.74) is 5.99. The third-order valence-electron chi connectivity index (χ3n) is 9.77. The molecule has 15 heteroatoms. The molecule has 2 aliphatic heterocycles. The summed E-state index contributed by atoms with van der Waals surface area (Å²) in [5.74, 6) is -8.82. The number of nitrogens with zero attached hydrogens (tertiary/aromatic N) is 4. The van der Waals surface area contributed by atoms with Gasteiger partial charge in [-0.05, 0) is 67.9 Å². The quantitative estimate of drug-likeness (QED) is 0.249. The SMILES string of the molecule is C=Cc1c(C)c2cc3nc(c(CC(=O)N[C@@H](CC(=O)[O-])C(=O)[O-])c4[n-]c(cc5nc(cc1[n-]2)C(C)=C5CC)c(C)c4C(=O)[O-])[C@@H](CCC(=O)[O-])[C@@H]3C.[Pt]. The third-order valence-corrected chi connectivity index (χ3v) is 9.77. The van der Waals surface area contributed by atoms with Gasteiger partial charge in [0.2, 0.25) is 5.91 Å². The number of hydrogen-bond donors (Lipinski definition) is 1. The van der Waals surface area contributed by atoms with Crippen molar-refractivity contribution in [2.45, 2.75) is 84.6 Å². The first-order chi connectivity index (χ1) is 24.6. The summed E-state index contributed by atoms with van der Waals surface area (Å²) in [6.45, 7) is 13.0. The molecule has 14 nitrogen and oxygen atoms in total. The number of fused-ring (bicyclic) bond motifs is 8. The third kappa shape index (κ3) is 8.02. The number of hydrogen-bond acceptors (Lipinski definition) is 11. The van der Waals surface area contributed by atoms with E-state index < -0.39 is 66.9 Å². The van der Waals surface area contributed by atoms with Gasteiger partial charge in [0.25, 0.3) is 0 Å². The maximum atomic E-state index is 13.5. The van der Waals surface area contributed by atoms with E-state index in [0.29, 0.717) is 34.5 Å². The van der Waals surface area contributed by atoms with Gasteiger partial charge in [0.1, 0.15) is 0 Å². The van der Waals surface area contributed by atoms with E-state index in [-0.39, 0.29) is 60.9 Å². The maximum absolute atomic E-state index is 13.5. The minimum Gasteiger partial charge on any atom is -0.657 e. The number of amides is 1. The second-order valence-electron chi connectivity index (χ2n) is 12.9. The second-order valence-corrected chi connectivity index (χ2v) is 12.9. The Morgan fingerprint density at radius 3 is 2.17 bits per heavy atom. The number of carboxylic acids is 4. The van der Waals surface area contributed by atoms with Gasteiger partial charge in [-0.1, -0.05) is 55.8 Å². The van der Waals surface area contributed by atoms with Crippen molar-refractivity contribution in [3.8, 4) is 0 Å². The number of aromatic carboxylic acids is 1. The van der Waals surface area contributed by atoms with Gasteiger partial charge in [0.05, 0.1) is 35.8 Å². The van der Waals surface area contributed by atoms with Crippen molar-refractivity contribution < 1.29 is 65.5 Å². The molecule has 2 aliphatic rings. The number of carboxylic acid groups (broad SMARTS) is 4. The van der Waals surface area contributed by atoms with Gasteiger partial charge in [0.15, 0.2) is 0 Å². The molecule has 3 atom stereocenters. The molecule has 0 aromatic carbocycles. The first-order valence-corrected chi connectivity index (χ1v) is 16.7. The molecule has 5 rings (SSSR count). The van der Waals surface area contributed by atoms with Gasteiger partial charge in [-0.25, -0.2) is 4.98 Å². The molecule has 0 aliphatic carbocycles. The van der Waals surface area contributed by atoms with Crippen LogP contribution >= 0.6 is 0 Å². The molecular weight excluding hydrogens is 866 g/mol. The average molecular weight is 901 g/mol. The summed E-state index contributed by atoms with van der Waals surface area (Å²) >= 11 is 0. The zero-order valence-corrected chi connectivity index (χ0v) is 31.8. The molecule has 0 saturated carbocycles. The molecule has 0 spiro atoms. The summed E-state index contributed by atoms with van der Waals surface area (Å²) in [6, 6.07) is 3.25. The summed E-state index contributed by atoms with van der Waals surface area (Å²) < 4.78 is 0. The molecular formula is C38H35N5O9Pt-6.